The van der Waals surface area contributed by atoms with Gasteiger partial charge in [-0.2, -0.15) is 0 Å². The fourth-order valence-corrected chi connectivity index (χ4v) is 4.07. The minimum Gasteiger partial charge on any atom is -0.504 e. The van der Waals surface area contributed by atoms with Crippen LogP contribution in [0, 0.1) is 22.9 Å². The van der Waals surface area contributed by atoms with Crippen LogP contribution >= 0.6 is 0 Å². The number of amides is 2. The van der Waals surface area contributed by atoms with Crippen LogP contribution in [0.1, 0.15) is 55.6 Å². The molecule has 0 unspecified atom stereocenters. The van der Waals surface area contributed by atoms with E-state index in [2.05, 4.69) is 20.9 Å². The molecule has 0 aliphatic carbocycles. The molecule has 0 fully saturated rings. The van der Waals surface area contributed by atoms with Crippen LogP contribution in [0.2, 0.25) is 0 Å². The van der Waals surface area contributed by atoms with Crippen molar-refractivity contribution in [2.75, 3.05) is 11.1 Å². The van der Waals surface area contributed by atoms with Gasteiger partial charge < -0.3 is 32.5 Å². The summed E-state index contributed by atoms with van der Waals surface area (Å²) in [5.74, 6) is -9.03. The predicted molar refractivity (Wildman–Crippen MR) is 155 cm³/mol. The fraction of sp³-hybridized carbons (Fsp3) is 0.321. The Balaban J connectivity index is 2.01. The van der Waals surface area contributed by atoms with E-state index in [1.165, 1.54) is 24.4 Å². The second-order valence-electron chi connectivity index (χ2n) is 10.1. The monoisotopic (exact) mass is 602 g/mol. The first-order valence-corrected chi connectivity index (χ1v) is 13.2. The van der Waals surface area contributed by atoms with Gasteiger partial charge in [0.15, 0.2) is 29.0 Å². The van der Waals surface area contributed by atoms with Gasteiger partial charge in [0, 0.05) is 41.0 Å². The lowest BCUT2D eigenvalue weighted by Gasteiger charge is -2.18. The highest BCUT2D eigenvalue weighted by Crippen LogP contribution is 2.30. The third kappa shape index (κ3) is 7.23. The van der Waals surface area contributed by atoms with Gasteiger partial charge >= 0.3 is 0 Å². The summed E-state index contributed by atoms with van der Waals surface area (Å²) in [4.78, 5) is 43.3. The number of aromatic hydroxyl groups is 1. The Morgan fingerprint density at radius 3 is 2.40 bits per heavy atom. The Hall–Kier alpha value is -5.08. The van der Waals surface area contributed by atoms with Crippen molar-refractivity contribution in [1.82, 2.24) is 20.2 Å². The SMILES string of the molecule is CC[C@H](C)NC(=O)c1cc(N)cc(-c2cnc(NC(C)C)c(=O)n2CC(=O)NCc2c(F)c(O)c(C(=N)N)c(F)c2F)c1. The van der Waals surface area contributed by atoms with Gasteiger partial charge in [0.1, 0.15) is 12.4 Å². The van der Waals surface area contributed by atoms with E-state index in [1.807, 2.05) is 13.8 Å². The summed E-state index contributed by atoms with van der Waals surface area (Å²) in [6.45, 7) is 5.67. The molecule has 230 valence electrons. The highest BCUT2D eigenvalue weighted by Gasteiger charge is 2.27. The van der Waals surface area contributed by atoms with Crippen LogP contribution in [-0.4, -0.2) is 44.4 Å². The van der Waals surface area contributed by atoms with Gasteiger partial charge in [-0.25, -0.2) is 18.2 Å². The number of hydrogen-bond donors (Lipinski definition) is 7. The van der Waals surface area contributed by atoms with Crippen molar-refractivity contribution >= 4 is 29.2 Å². The number of nitrogens with zero attached hydrogens (tertiary/aromatic N) is 2. The number of hydrogen-bond acceptors (Lipinski definition) is 8. The molecule has 3 rings (SSSR count). The maximum atomic E-state index is 14.6. The highest BCUT2D eigenvalue weighted by molar-refractivity contribution is 5.98. The zero-order valence-corrected chi connectivity index (χ0v) is 23.9. The molecular formula is C28H33F3N8O4. The lowest BCUT2D eigenvalue weighted by molar-refractivity contribution is -0.121. The Morgan fingerprint density at radius 1 is 1.12 bits per heavy atom. The number of phenols is 1. The van der Waals surface area contributed by atoms with E-state index < -0.39 is 70.6 Å². The van der Waals surface area contributed by atoms with Gasteiger partial charge in [-0.15, -0.1) is 0 Å². The van der Waals surface area contributed by atoms with Crippen LogP contribution in [0.25, 0.3) is 11.3 Å². The molecule has 1 atom stereocenters. The van der Waals surface area contributed by atoms with Crippen LogP contribution in [0.3, 0.4) is 0 Å². The van der Waals surface area contributed by atoms with Crippen molar-refractivity contribution in [3.8, 4) is 17.0 Å². The Morgan fingerprint density at radius 2 is 1.79 bits per heavy atom. The van der Waals surface area contributed by atoms with E-state index in [4.69, 9.17) is 16.9 Å². The second kappa shape index (κ2) is 13.3. The maximum Gasteiger partial charge on any atom is 0.294 e. The van der Waals surface area contributed by atoms with Crippen molar-refractivity contribution < 1.29 is 27.9 Å². The van der Waals surface area contributed by atoms with Crippen LogP contribution in [0.15, 0.2) is 29.2 Å². The molecule has 0 aliphatic rings. The zero-order valence-electron chi connectivity index (χ0n) is 23.9. The summed E-state index contributed by atoms with van der Waals surface area (Å²) >= 11 is 0. The largest absolute Gasteiger partial charge is 0.504 e. The summed E-state index contributed by atoms with van der Waals surface area (Å²) in [5.41, 5.74) is 9.04. The molecule has 0 spiro atoms. The molecule has 0 saturated heterocycles. The van der Waals surface area contributed by atoms with E-state index in [9.17, 15) is 32.7 Å². The predicted octanol–water partition coefficient (Wildman–Crippen LogP) is 2.56. The number of nitrogens with one attached hydrogen (secondary N) is 4. The molecular weight excluding hydrogens is 569 g/mol. The number of amidine groups is 1. The zero-order chi connectivity index (χ0) is 32.2. The number of benzene rings is 2. The number of carbonyl (C=O) groups is 2. The Kier molecular flexibility index (Phi) is 10.0. The van der Waals surface area contributed by atoms with E-state index >= 15 is 0 Å². The quantitative estimate of drug-likeness (QED) is 0.0751. The summed E-state index contributed by atoms with van der Waals surface area (Å²) in [5, 5.41) is 25.0. The van der Waals surface area contributed by atoms with Gasteiger partial charge in [0.05, 0.1) is 17.5 Å². The summed E-state index contributed by atoms with van der Waals surface area (Å²) in [7, 11) is 0. The number of rotatable bonds is 11. The standard InChI is InChI=1S/C28H33F3N8O4/c1-5-13(4)38-27(42)15-6-14(7-16(32)8-15)18-10-36-26(37-12(2)3)28(43)39(18)11-19(40)35-9-17-21(29)23(31)20(25(33)34)24(41)22(17)30/h6-8,10,12-13,41H,5,9,11,32H2,1-4H3,(H3,33,34)(H,35,40)(H,36,37)(H,38,42)/t13-/m0/s1. The lowest BCUT2D eigenvalue weighted by atomic mass is 10.1. The maximum absolute atomic E-state index is 14.6. The van der Waals surface area contributed by atoms with Crippen molar-refractivity contribution in [1.29, 1.82) is 5.41 Å². The molecule has 0 radical (unpaired) electrons. The molecule has 0 saturated carbocycles. The van der Waals surface area contributed by atoms with E-state index in [0.717, 1.165) is 4.57 Å². The molecule has 43 heavy (non-hydrogen) atoms. The van der Waals surface area contributed by atoms with Crippen molar-refractivity contribution in [3.05, 3.63) is 68.9 Å². The van der Waals surface area contributed by atoms with Crippen LogP contribution in [0.5, 0.6) is 5.75 Å². The fourth-order valence-electron chi connectivity index (χ4n) is 4.07. The molecule has 12 nitrogen and oxygen atoms in total. The number of halogens is 3. The number of anilines is 2. The van der Waals surface area contributed by atoms with Gasteiger partial charge in [-0.3, -0.25) is 24.4 Å². The number of nitrogen functional groups attached to an aromatic ring is 2. The smallest absolute Gasteiger partial charge is 0.294 e. The number of aromatic nitrogens is 2. The molecule has 3 aromatic rings. The molecule has 2 aromatic carbocycles. The summed E-state index contributed by atoms with van der Waals surface area (Å²) < 4.78 is 44.6. The minimum atomic E-state index is -1.76. The van der Waals surface area contributed by atoms with Gasteiger partial charge in [0.2, 0.25) is 5.91 Å². The first-order chi connectivity index (χ1) is 20.2. The molecule has 2 amide bonds. The molecule has 15 heteroatoms. The number of nitrogens with two attached hydrogens (primary N) is 2. The van der Waals surface area contributed by atoms with Crippen LogP contribution in [0.4, 0.5) is 24.7 Å². The molecule has 0 aliphatic heterocycles. The van der Waals surface area contributed by atoms with E-state index in [-0.39, 0.29) is 40.4 Å². The second-order valence-corrected chi connectivity index (χ2v) is 10.1. The highest BCUT2D eigenvalue weighted by atomic mass is 19.2. The van der Waals surface area contributed by atoms with Gasteiger partial charge in [-0.1, -0.05) is 6.92 Å². The summed E-state index contributed by atoms with van der Waals surface area (Å²) in [6, 6.07) is 4.08. The molecule has 0 bridgehead atoms. The van der Waals surface area contributed by atoms with Gasteiger partial charge in [-0.05, 0) is 45.4 Å². The normalized spacial score (nSPS) is 11.7. The first-order valence-electron chi connectivity index (χ1n) is 13.2. The summed E-state index contributed by atoms with van der Waals surface area (Å²) in [6.07, 6.45) is 1.99. The first kappa shape index (κ1) is 32.4. The molecule has 9 N–H and O–H groups in total. The van der Waals surface area contributed by atoms with Crippen molar-refractivity contribution in [2.24, 2.45) is 5.73 Å². The average Bonchev–Trinajstić information content (AvgIpc) is 2.93. The van der Waals surface area contributed by atoms with Gasteiger partial charge in [0.25, 0.3) is 11.5 Å². The number of carbonyl (C=O) groups excluding carboxylic acids is 2. The average molecular weight is 603 g/mol. The lowest BCUT2D eigenvalue weighted by Crippen LogP contribution is -2.35. The minimum absolute atomic E-state index is 0.0888. The number of phenolic OH excluding ortho intramolecular Hbond substituents is 1. The topological polar surface area (TPSA) is 201 Å². The van der Waals surface area contributed by atoms with Crippen molar-refractivity contribution in [3.63, 3.8) is 0 Å². The molecule has 1 heterocycles. The van der Waals surface area contributed by atoms with Crippen molar-refractivity contribution in [2.45, 2.75) is 59.3 Å². The van der Waals surface area contributed by atoms with E-state index in [1.54, 1.807) is 13.8 Å². The third-order valence-corrected chi connectivity index (χ3v) is 6.40. The van der Waals surface area contributed by atoms with Crippen LogP contribution in [-0.2, 0) is 17.9 Å². The Labute approximate surface area is 244 Å². The third-order valence-electron chi connectivity index (χ3n) is 6.40. The Bertz CT molecular complexity index is 1610. The van der Waals surface area contributed by atoms with E-state index in [0.29, 0.717) is 6.42 Å². The molecule has 1 aromatic heterocycles. The van der Waals surface area contributed by atoms with Crippen LogP contribution < -0.4 is 33.0 Å².